The molecule has 162 valence electrons. The summed E-state index contributed by atoms with van der Waals surface area (Å²) in [5, 5.41) is 0. The molecular weight excluding hydrogens is 378 g/mol. The van der Waals surface area contributed by atoms with Crippen LogP contribution >= 0.6 is 0 Å². The molecule has 0 spiro atoms. The predicted molar refractivity (Wildman–Crippen MR) is 118 cm³/mol. The Kier molecular flexibility index (Phi) is 7.03. The van der Waals surface area contributed by atoms with Gasteiger partial charge in [-0.05, 0) is 57.4 Å². The summed E-state index contributed by atoms with van der Waals surface area (Å²) in [5.41, 5.74) is 3.06. The Bertz CT molecular complexity index is 824. The fourth-order valence-corrected chi connectivity index (χ4v) is 3.70. The highest BCUT2D eigenvalue weighted by molar-refractivity contribution is 5.68. The molecule has 0 aliphatic carbocycles. The molecule has 0 bridgehead atoms. The summed E-state index contributed by atoms with van der Waals surface area (Å²) in [6.45, 7) is 9.43. The first-order chi connectivity index (χ1) is 14.2. The highest BCUT2D eigenvalue weighted by Crippen LogP contribution is 2.32. The normalized spacial score (nSPS) is 19.4. The summed E-state index contributed by atoms with van der Waals surface area (Å²) < 4.78 is 17.2. The molecule has 0 saturated carbocycles. The number of carbonyl (C=O) groups excluding carboxylic acids is 1. The standard InChI is InChI=1S/C25H33NO4/c1-18-6-10-20(11-7-18)22-14-15-26(24(27)30-25(2,3)4)16-23(22)29-17-19-8-12-21(28-5)13-9-19/h6-13,22-23H,14-17H2,1-5H3. The van der Waals surface area contributed by atoms with Crippen LogP contribution in [0.15, 0.2) is 48.5 Å². The minimum absolute atomic E-state index is 0.101. The van der Waals surface area contributed by atoms with Gasteiger partial charge in [0.25, 0.3) is 0 Å². The zero-order chi connectivity index (χ0) is 21.7. The Labute approximate surface area is 179 Å². The molecule has 30 heavy (non-hydrogen) atoms. The number of methoxy groups -OCH3 is 1. The van der Waals surface area contributed by atoms with E-state index in [1.54, 1.807) is 12.0 Å². The minimum atomic E-state index is -0.510. The van der Waals surface area contributed by atoms with Crippen molar-refractivity contribution in [3.8, 4) is 5.75 Å². The molecule has 2 aromatic rings. The summed E-state index contributed by atoms with van der Waals surface area (Å²) in [7, 11) is 1.66. The number of likely N-dealkylation sites (tertiary alicyclic amines) is 1. The van der Waals surface area contributed by atoms with Crippen LogP contribution in [0.5, 0.6) is 5.75 Å². The maximum absolute atomic E-state index is 12.6. The fourth-order valence-electron chi connectivity index (χ4n) is 3.70. The van der Waals surface area contributed by atoms with Crippen molar-refractivity contribution in [2.24, 2.45) is 0 Å². The van der Waals surface area contributed by atoms with Gasteiger partial charge in [-0.15, -0.1) is 0 Å². The molecular formula is C25H33NO4. The lowest BCUT2D eigenvalue weighted by atomic mass is 9.86. The number of piperidine rings is 1. The van der Waals surface area contributed by atoms with Crippen LogP contribution in [0.25, 0.3) is 0 Å². The molecule has 2 unspecified atom stereocenters. The molecule has 2 atom stereocenters. The van der Waals surface area contributed by atoms with Crippen LogP contribution in [0.1, 0.15) is 49.8 Å². The first kappa shape index (κ1) is 22.2. The third-order valence-corrected chi connectivity index (χ3v) is 5.34. The molecule has 1 aliphatic heterocycles. The van der Waals surface area contributed by atoms with Crippen LogP contribution in [0.3, 0.4) is 0 Å². The maximum Gasteiger partial charge on any atom is 0.410 e. The summed E-state index contributed by atoms with van der Waals surface area (Å²) in [6, 6.07) is 16.5. The summed E-state index contributed by atoms with van der Waals surface area (Å²) in [6.07, 6.45) is 0.467. The number of hydrogen-bond acceptors (Lipinski definition) is 4. The first-order valence-electron chi connectivity index (χ1n) is 10.5. The molecule has 1 fully saturated rings. The Morgan fingerprint density at radius 1 is 1.07 bits per heavy atom. The van der Waals surface area contributed by atoms with E-state index >= 15 is 0 Å². The third-order valence-electron chi connectivity index (χ3n) is 5.34. The van der Waals surface area contributed by atoms with Crippen molar-refractivity contribution in [1.29, 1.82) is 0 Å². The zero-order valence-electron chi connectivity index (χ0n) is 18.7. The topological polar surface area (TPSA) is 48.0 Å². The van der Waals surface area contributed by atoms with Crippen LogP contribution in [0, 0.1) is 6.92 Å². The SMILES string of the molecule is COc1ccc(COC2CN(C(=O)OC(C)(C)C)CCC2c2ccc(C)cc2)cc1. The van der Waals surface area contributed by atoms with Gasteiger partial charge in [-0.1, -0.05) is 42.0 Å². The van der Waals surface area contributed by atoms with Gasteiger partial charge in [0.2, 0.25) is 0 Å². The van der Waals surface area contributed by atoms with Crippen molar-refractivity contribution in [2.75, 3.05) is 20.2 Å². The quantitative estimate of drug-likeness (QED) is 0.669. The monoisotopic (exact) mass is 411 g/mol. The van der Waals surface area contributed by atoms with Crippen LogP contribution in [0.4, 0.5) is 4.79 Å². The average molecular weight is 412 g/mol. The molecule has 0 N–H and O–H groups in total. The smallest absolute Gasteiger partial charge is 0.410 e. The molecule has 1 heterocycles. The van der Waals surface area contributed by atoms with Crippen molar-refractivity contribution in [3.63, 3.8) is 0 Å². The molecule has 1 aliphatic rings. The molecule has 2 aromatic carbocycles. The third kappa shape index (κ3) is 5.99. The first-order valence-corrected chi connectivity index (χ1v) is 10.5. The van der Waals surface area contributed by atoms with Gasteiger partial charge < -0.3 is 19.1 Å². The summed E-state index contributed by atoms with van der Waals surface area (Å²) in [5.74, 6) is 1.06. The van der Waals surface area contributed by atoms with E-state index in [0.717, 1.165) is 17.7 Å². The van der Waals surface area contributed by atoms with Crippen molar-refractivity contribution in [1.82, 2.24) is 4.90 Å². The van der Waals surface area contributed by atoms with Crippen LogP contribution in [0.2, 0.25) is 0 Å². The highest BCUT2D eigenvalue weighted by Gasteiger charge is 2.35. The van der Waals surface area contributed by atoms with E-state index in [1.165, 1.54) is 11.1 Å². The van der Waals surface area contributed by atoms with Crippen LogP contribution < -0.4 is 4.74 Å². The number of ether oxygens (including phenoxy) is 3. The molecule has 5 heteroatoms. The number of benzene rings is 2. The van der Waals surface area contributed by atoms with E-state index in [4.69, 9.17) is 14.2 Å². The van der Waals surface area contributed by atoms with E-state index in [1.807, 2.05) is 45.0 Å². The lowest BCUT2D eigenvalue weighted by molar-refractivity contribution is -0.0359. The van der Waals surface area contributed by atoms with E-state index < -0.39 is 5.60 Å². The molecule has 1 saturated heterocycles. The number of aryl methyl sites for hydroxylation is 1. The van der Waals surface area contributed by atoms with Gasteiger partial charge in [0.15, 0.2) is 0 Å². The minimum Gasteiger partial charge on any atom is -0.497 e. The Balaban J connectivity index is 1.73. The van der Waals surface area contributed by atoms with Gasteiger partial charge >= 0.3 is 6.09 Å². The average Bonchev–Trinajstić information content (AvgIpc) is 2.72. The van der Waals surface area contributed by atoms with Gasteiger partial charge in [-0.25, -0.2) is 4.79 Å². The molecule has 0 aromatic heterocycles. The van der Waals surface area contributed by atoms with E-state index in [-0.39, 0.29) is 18.1 Å². The number of rotatable bonds is 5. The van der Waals surface area contributed by atoms with Gasteiger partial charge in [-0.2, -0.15) is 0 Å². The van der Waals surface area contributed by atoms with E-state index in [9.17, 15) is 4.79 Å². The summed E-state index contributed by atoms with van der Waals surface area (Å²) in [4.78, 5) is 14.4. The van der Waals surface area contributed by atoms with E-state index in [2.05, 4.69) is 31.2 Å². The summed E-state index contributed by atoms with van der Waals surface area (Å²) >= 11 is 0. The molecule has 5 nitrogen and oxygen atoms in total. The maximum atomic E-state index is 12.6. The van der Waals surface area contributed by atoms with Gasteiger partial charge in [0, 0.05) is 12.5 Å². The lowest BCUT2D eigenvalue weighted by Crippen LogP contribution is -2.48. The second-order valence-corrected chi connectivity index (χ2v) is 8.93. The van der Waals surface area contributed by atoms with Gasteiger partial charge in [-0.3, -0.25) is 0 Å². The second-order valence-electron chi connectivity index (χ2n) is 8.93. The molecule has 1 amide bonds. The van der Waals surface area contributed by atoms with Gasteiger partial charge in [0.05, 0.1) is 26.4 Å². The van der Waals surface area contributed by atoms with Gasteiger partial charge in [0.1, 0.15) is 11.4 Å². The van der Waals surface area contributed by atoms with Crippen molar-refractivity contribution < 1.29 is 19.0 Å². The Morgan fingerprint density at radius 3 is 2.33 bits per heavy atom. The predicted octanol–water partition coefficient (Wildman–Crippen LogP) is 5.31. The Hall–Kier alpha value is -2.53. The largest absolute Gasteiger partial charge is 0.497 e. The van der Waals surface area contributed by atoms with Crippen molar-refractivity contribution in [3.05, 3.63) is 65.2 Å². The van der Waals surface area contributed by atoms with Crippen LogP contribution in [-0.4, -0.2) is 42.9 Å². The second kappa shape index (κ2) is 9.52. The number of carbonyl (C=O) groups is 1. The van der Waals surface area contributed by atoms with Crippen molar-refractivity contribution >= 4 is 6.09 Å². The van der Waals surface area contributed by atoms with Crippen LogP contribution in [-0.2, 0) is 16.1 Å². The molecule has 3 rings (SSSR count). The van der Waals surface area contributed by atoms with Crippen molar-refractivity contribution in [2.45, 2.75) is 58.3 Å². The fraction of sp³-hybridized carbons (Fsp3) is 0.480. The number of hydrogen-bond donors (Lipinski definition) is 0. The number of nitrogens with zero attached hydrogens (tertiary/aromatic N) is 1. The highest BCUT2D eigenvalue weighted by atomic mass is 16.6. The zero-order valence-corrected chi connectivity index (χ0v) is 18.7. The molecule has 0 radical (unpaired) electrons. The number of amides is 1. The Morgan fingerprint density at radius 2 is 1.73 bits per heavy atom. The lowest BCUT2D eigenvalue weighted by Gasteiger charge is -2.39. The van der Waals surface area contributed by atoms with E-state index in [0.29, 0.717) is 19.7 Å².